The molecule has 3 aromatic carbocycles. The van der Waals surface area contributed by atoms with Crippen molar-refractivity contribution in [1.82, 2.24) is 14.8 Å². The van der Waals surface area contributed by atoms with E-state index in [1.807, 2.05) is 41.9 Å². The molecular formula is C26H21BrN4O2. The highest BCUT2D eigenvalue weighted by Crippen LogP contribution is 2.50. The number of aromatic nitrogens is 3. The molecule has 0 amide bonds. The molecular weight excluding hydrogens is 480 g/mol. The van der Waals surface area contributed by atoms with E-state index >= 15 is 0 Å². The third kappa shape index (κ3) is 3.40. The van der Waals surface area contributed by atoms with Crippen LogP contribution in [0.3, 0.4) is 0 Å². The highest BCUT2D eigenvalue weighted by molar-refractivity contribution is 9.10. The highest BCUT2D eigenvalue weighted by atomic mass is 79.9. The number of nitrogens with one attached hydrogen (secondary N) is 1. The Labute approximate surface area is 200 Å². The topological polar surface area (TPSA) is 61.2 Å². The summed E-state index contributed by atoms with van der Waals surface area (Å²) in [5, 5.41) is 8.10. The minimum absolute atomic E-state index is 0.170. The van der Waals surface area contributed by atoms with Gasteiger partial charge in [0.05, 0.1) is 12.3 Å². The maximum Gasteiger partial charge on any atom is 0.226 e. The average molecular weight is 501 g/mol. The Hall–Kier alpha value is -3.58. The first-order valence-electron chi connectivity index (χ1n) is 10.9. The predicted octanol–water partition coefficient (Wildman–Crippen LogP) is 6.00. The summed E-state index contributed by atoms with van der Waals surface area (Å²) >= 11 is 3.56. The predicted molar refractivity (Wildman–Crippen MR) is 130 cm³/mol. The van der Waals surface area contributed by atoms with Crippen LogP contribution in [0.25, 0.3) is 5.70 Å². The zero-order chi connectivity index (χ0) is 22.4. The number of fused-ring (bicyclic) bond motifs is 3. The first-order chi connectivity index (χ1) is 16.2. The Morgan fingerprint density at radius 3 is 2.55 bits per heavy atom. The van der Waals surface area contributed by atoms with E-state index in [2.05, 4.69) is 73.8 Å². The van der Waals surface area contributed by atoms with Crippen molar-refractivity contribution in [2.45, 2.75) is 19.1 Å². The number of halogens is 1. The summed E-state index contributed by atoms with van der Waals surface area (Å²) in [4.78, 5) is 4.48. The summed E-state index contributed by atoms with van der Waals surface area (Å²) < 4.78 is 15.3. The Morgan fingerprint density at radius 2 is 1.76 bits per heavy atom. The number of nitrogens with zero attached hydrogens (tertiary/aromatic N) is 3. The fourth-order valence-corrected chi connectivity index (χ4v) is 4.83. The van der Waals surface area contributed by atoms with Gasteiger partial charge in [-0.3, -0.25) is 0 Å². The second kappa shape index (κ2) is 8.08. The van der Waals surface area contributed by atoms with E-state index in [0.29, 0.717) is 12.6 Å². The number of anilines is 1. The Kier molecular flexibility index (Phi) is 4.91. The molecule has 4 aromatic rings. The molecule has 6 rings (SSSR count). The number of para-hydroxylation sites is 1. The molecule has 1 aromatic heterocycles. The van der Waals surface area contributed by atoms with Crippen LogP contribution in [0.5, 0.6) is 11.5 Å². The lowest BCUT2D eigenvalue weighted by Gasteiger charge is -2.39. The van der Waals surface area contributed by atoms with Gasteiger partial charge in [-0.15, -0.1) is 0 Å². The van der Waals surface area contributed by atoms with Crippen LogP contribution in [-0.4, -0.2) is 21.4 Å². The van der Waals surface area contributed by atoms with Crippen molar-refractivity contribution in [2.24, 2.45) is 0 Å². The molecule has 164 valence electrons. The Morgan fingerprint density at radius 1 is 1.00 bits per heavy atom. The Balaban J connectivity index is 1.56. The SMILES string of the molecule is CCOc1ccc([C@H]2Oc3ccccc3C3=C2[C@H](c2ccc(Br)cc2)n2ncnc2N3)cc1. The number of benzene rings is 3. The van der Waals surface area contributed by atoms with Gasteiger partial charge >= 0.3 is 0 Å². The van der Waals surface area contributed by atoms with Crippen LogP contribution < -0.4 is 14.8 Å². The van der Waals surface area contributed by atoms with E-state index < -0.39 is 0 Å². The fourth-order valence-electron chi connectivity index (χ4n) is 4.56. The zero-order valence-electron chi connectivity index (χ0n) is 17.9. The third-order valence-electron chi connectivity index (χ3n) is 6.00. The van der Waals surface area contributed by atoms with E-state index in [4.69, 9.17) is 9.47 Å². The summed E-state index contributed by atoms with van der Waals surface area (Å²) in [6.45, 7) is 2.62. The normalized spacial score (nSPS) is 18.5. The maximum atomic E-state index is 6.64. The standard InChI is InChI=1S/C26H21BrN4O2/c1-2-32-19-13-9-17(10-14-19)25-22-23(20-5-3-4-6-21(20)33-25)30-26-28-15-29-31(26)24(22)16-7-11-18(27)12-8-16/h3-15,24-25H,2H2,1H3,(H,28,29,30)/t24-,25+/m0/s1. The van der Waals surface area contributed by atoms with Crippen LogP contribution in [0, 0.1) is 0 Å². The van der Waals surface area contributed by atoms with E-state index in [0.717, 1.165) is 43.9 Å². The molecule has 0 saturated carbocycles. The molecule has 3 heterocycles. The largest absolute Gasteiger partial charge is 0.494 e. The van der Waals surface area contributed by atoms with Gasteiger partial charge in [0.25, 0.3) is 0 Å². The quantitative estimate of drug-likeness (QED) is 0.372. The van der Waals surface area contributed by atoms with Gasteiger partial charge in [0.1, 0.15) is 30.0 Å². The van der Waals surface area contributed by atoms with Crippen LogP contribution in [0.1, 0.15) is 35.8 Å². The summed E-state index contributed by atoms with van der Waals surface area (Å²) in [6, 6.07) is 24.4. The van der Waals surface area contributed by atoms with Crippen LogP contribution in [0.4, 0.5) is 5.95 Å². The molecule has 33 heavy (non-hydrogen) atoms. The van der Waals surface area contributed by atoms with Crippen molar-refractivity contribution >= 4 is 27.6 Å². The molecule has 1 N–H and O–H groups in total. The van der Waals surface area contributed by atoms with Crippen LogP contribution in [0.15, 0.2) is 89.2 Å². The zero-order valence-corrected chi connectivity index (χ0v) is 19.5. The van der Waals surface area contributed by atoms with Gasteiger partial charge in [0.15, 0.2) is 0 Å². The van der Waals surface area contributed by atoms with Gasteiger partial charge in [0, 0.05) is 15.6 Å². The smallest absolute Gasteiger partial charge is 0.226 e. The lowest BCUT2D eigenvalue weighted by molar-refractivity contribution is 0.223. The van der Waals surface area contributed by atoms with Crippen molar-refractivity contribution in [3.63, 3.8) is 0 Å². The van der Waals surface area contributed by atoms with E-state index in [1.54, 1.807) is 6.33 Å². The molecule has 0 bridgehead atoms. The molecule has 2 atom stereocenters. The first kappa shape index (κ1) is 20.1. The van der Waals surface area contributed by atoms with Crippen molar-refractivity contribution < 1.29 is 9.47 Å². The van der Waals surface area contributed by atoms with Crippen LogP contribution in [0.2, 0.25) is 0 Å². The van der Waals surface area contributed by atoms with Gasteiger partial charge in [0.2, 0.25) is 5.95 Å². The van der Waals surface area contributed by atoms with Crippen LogP contribution >= 0.6 is 15.9 Å². The molecule has 0 saturated heterocycles. The lowest BCUT2D eigenvalue weighted by Crippen LogP contribution is -2.32. The number of rotatable bonds is 4. The lowest BCUT2D eigenvalue weighted by atomic mass is 9.84. The van der Waals surface area contributed by atoms with E-state index in [-0.39, 0.29) is 12.1 Å². The second-order valence-electron chi connectivity index (χ2n) is 7.93. The van der Waals surface area contributed by atoms with Crippen molar-refractivity contribution in [1.29, 1.82) is 0 Å². The molecule has 7 heteroatoms. The first-order valence-corrected chi connectivity index (χ1v) is 11.7. The maximum absolute atomic E-state index is 6.64. The molecule has 2 aliphatic rings. The van der Waals surface area contributed by atoms with Crippen molar-refractivity contribution in [3.8, 4) is 11.5 Å². The van der Waals surface area contributed by atoms with Crippen molar-refractivity contribution in [3.05, 3.63) is 106 Å². The molecule has 0 spiro atoms. The summed E-state index contributed by atoms with van der Waals surface area (Å²) in [5.41, 5.74) is 5.29. The van der Waals surface area contributed by atoms with Gasteiger partial charge in [-0.1, -0.05) is 52.3 Å². The van der Waals surface area contributed by atoms with E-state index in [1.165, 1.54) is 0 Å². The molecule has 0 fully saturated rings. The Bertz CT molecular complexity index is 1350. The molecule has 2 aliphatic heterocycles. The van der Waals surface area contributed by atoms with E-state index in [9.17, 15) is 0 Å². The minimum Gasteiger partial charge on any atom is -0.494 e. The van der Waals surface area contributed by atoms with Gasteiger partial charge in [-0.2, -0.15) is 10.1 Å². The van der Waals surface area contributed by atoms with Gasteiger partial charge in [-0.05, 0) is 54.4 Å². The molecule has 0 aliphatic carbocycles. The molecule has 0 unspecified atom stereocenters. The summed E-state index contributed by atoms with van der Waals surface area (Å²) in [6.07, 6.45) is 1.29. The second-order valence-corrected chi connectivity index (χ2v) is 8.85. The summed E-state index contributed by atoms with van der Waals surface area (Å²) in [5.74, 6) is 2.39. The monoisotopic (exact) mass is 500 g/mol. The number of ether oxygens (including phenoxy) is 2. The molecule has 0 radical (unpaired) electrons. The minimum atomic E-state index is -0.302. The molecule has 6 nitrogen and oxygen atoms in total. The summed E-state index contributed by atoms with van der Waals surface area (Å²) in [7, 11) is 0. The number of hydrogen-bond donors (Lipinski definition) is 1. The average Bonchev–Trinajstić information content (AvgIpc) is 3.32. The third-order valence-corrected chi connectivity index (χ3v) is 6.53. The van der Waals surface area contributed by atoms with Crippen LogP contribution in [-0.2, 0) is 0 Å². The van der Waals surface area contributed by atoms with Gasteiger partial charge in [-0.25, -0.2) is 4.68 Å². The van der Waals surface area contributed by atoms with Crippen molar-refractivity contribution in [2.75, 3.05) is 11.9 Å². The highest BCUT2D eigenvalue weighted by Gasteiger charge is 2.40. The fraction of sp³-hybridized carbons (Fsp3) is 0.154. The number of hydrogen-bond acceptors (Lipinski definition) is 5. The van der Waals surface area contributed by atoms with Gasteiger partial charge < -0.3 is 14.8 Å².